The molecule has 5 rings (SSSR count). The zero-order chi connectivity index (χ0) is 23.5. The van der Waals surface area contributed by atoms with Gasteiger partial charge in [-0.2, -0.15) is 0 Å². The van der Waals surface area contributed by atoms with Gasteiger partial charge in [-0.1, -0.05) is 0 Å². The van der Waals surface area contributed by atoms with Crippen LogP contribution in [0.25, 0.3) is 10.9 Å². The summed E-state index contributed by atoms with van der Waals surface area (Å²) in [6.45, 7) is 6.25. The molecule has 0 aliphatic carbocycles. The van der Waals surface area contributed by atoms with Crippen LogP contribution in [0.4, 0.5) is 22.0 Å². The van der Waals surface area contributed by atoms with Crippen molar-refractivity contribution in [2.24, 2.45) is 0 Å². The lowest BCUT2D eigenvalue weighted by molar-refractivity contribution is 0.0891. The van der Waals surface area contributed by atoms with E-state index in [2.05, 4.69) is 32.3 Å². The van der Waals surface area contributed by atoms with E-state index >= 15 is 0 Å². The SMILES string of the molecule is Cc1cc(Nc2ncnc3ccc(N4CCOCC4)cc23)ccc1OC1CCN(C(=O)O)CC1. The highest BCUT2D eigenvalue weighted by Gasteiger charge is 2.24. The molecule has 0 radical (unpaired) electrons. The van der Waals surface area contributed by atoms with Gasteiger partial charge in [0.2, 0.25) is 0 Å². The average molecular weight is 464 g/mol. The summed E-state index contributed by atoms with van der Waals surface area (Å²) in [6.07, 6.45) is 2.14. The number of fused-ring (bicyclic) bond motifs is 1. The molecule has 2 saturated heterocycles. The van der Waals surface area contributed by atoms with Crippen LogP contribution in [-0.2, 0) is 4.74 Å². The van der Waals surface area contributed by atoms with Crippen molar-refractivity contribution in [2.75, 3.05) is 49.6 Å². The number of amides is 1. The molecule has 0 spiro atoms. The van der Waals surface area contributed by atoms with Gasteiger partial charge in [0.1, 0.15) is 24.0 Å². The van der Waals surface area contributed by atoms with Gasteiger partial charge in [-0.3, -0.25) is 0 Å². The van der Waals surface area contributed by atoms with Crippen molar-refractivity contribution in [1.82, 2.24) is 14.9 Å². The quantitative estimate of drug-likeness (QED) is 0.585. The van der Waals surface area contributed by atoms with E-state index in [0.717, 1.165) is 65.7 Å². The van der Waals surface area contributed by atoms with Crippen LogP contribution in [-0.4, -0.2) is 71.6 Å². The zero-order valence-electron chi connectivity index (χ0n) is 19.2. The van der Waals surface area contributed by atoms with E-state index in [4.69, 9.17) is 14.6 Å². The summed E-state index contributed by atoms with van der Waals surface area (Å²) in [6, 6.07) is 12.3. The molecule has 178 valence electrons. The predicted octanol–water partition coefficient (Wildman–Crippen LogP) is 4.04. The largest absolute Gasteiger partial charge is 0.490 e. The monoisotopic (exact) mass is 463 g/mol. The van der Waals surface area contributed by atoms with Gasteiger partial charge in [0, 0.05) is 55.8 Å². The number of aromatic nitrogens is 2. The third-order valence-electron chi connectivity index (χ3n) is 6.44. The minimum atomic E-state index is -0.862. The molecule has 9 nitrogen and oxygen atoms in total. The molecule has 34 heavy (non-hydrogen) atoms. The lowest BCUT2D eigenvalue weighted by Crippen LogP contribution is -2.41. The van der Waals surface area contributed by atoms with Crippen molar-refractivity contribution >= 4 is 34.2 Å². The molecule has 3 heterocycles. The molecule has 0 unspecified atom stereocenters. The van der Waals surface area contributed by atoms with Gasteiger partial charge in [0.15, 0.2) is 0 Å². The van der Waals surface area contributed by atoms with Crippen molar-refractivity contribution in [3.63, 3.8) is 0 Å². The molecule has 2 fully saturated rings. The van der Waals surface area contributed by atoms with Gasteiger partial charge in [0.25, 0.3) is 0 Å². The molecular formula is C25H29N5O4. The maximum absolute atomic E-state index is 11.1. The van der Waals surface area contributed by atoms with Crippen LogP contribution in [0.2, 0.25) is 0 Å². The Labute approximate surface area is 198 Å². The lowest BCUT2D eigenvalue weighted by Gasteiger charge is -2.30. The fourth-order valence-corrected chi connectivity index (χ4v) is 4.50. The van der Waals surface area contributed by atoms with Crippen LogP contribution in [0, 0.1) is 6.92 Å². The number of nitrogens with zero attached hydrogens (tertiary/aromatic N) is 4. The molecule has 9 heteroatoms. The molecule has 0 atom stereocenters. The summed E-state index contributed by atoms with van der Waals surface area (Å²) in [7, 11) is 0. The second-order valence-corrected chi connectivity index (χ2v) is 8.72. The van der Waals surface area contributed by atoms with Gasteiger partial charge in [-0.25, -0.2) is 14.8 Å². The second-order valence-electron chi connectivity index (χ2n) is 8.72. The molecule has 1 aromatic heterocycles. The van der Waals surface area contributed by atoms with Crippen LogP contribution in [0.1, 0.15) is 18.4 Å². The minimum absolute atomic E-state index is 0.0255. The first-order valence-corrected chi connectivity index (χ1v) is 11.7. The van der Waals surface area contributed by atoms with Crippen molar-refractivity contribution in [1.29, 1.82) is 0 Å². The number of nitrogens with one attached hydrogen (secondary N) is 1. The fraction of sp³-hybridized carbons (Fsp3) is 0.400. The number of morpholine rings is 1. The summed E-state index contributed by atoms with van der Waals surface area (Å²) in [4.78, 5) is 23.8. The van der Waals surface area contributed by atoms with Crippen LogP contribution in [0.3, 0.4) is 0 Å². The molecule has 3 aromatic rings. The average Bonchev–Trinajstić information content (AvgIpc) is 2.86. The van der Waals surface area contributed by atoms with E-state index in [1.807, 2.05) is 31.2 Å². The summed E-state index contributed by atoms with van der Waals surface area (Å²) in [5, 5.41) is 13.5. The number of hydrogen-bond donors (Lipinski definition) is 2. The smallest absolute Gasteiger partial charge is 0.407 e. The van der Waals surface area contributed by atoms with E-state index in [1.54, 1.807) is 6.33 Å². The predicted molar refractivity (Wildman–Crippen MR) is 130 cm³/mol. The highest BCUT2D eigenvalue weighted by atomic mass is 16.5. The Kier molecular flexibility index (Phi) is 6.35. The zero-order valence-corrected chi connectivity index (χ0v) is 19.2. The first-order valence-electron chi connectivity index (χ1n) is 11.7. The number of carbonyl (C=O) groups is 1. The van der Waals surface area contributed by atoms with E-state index in [9.17, 15) is 4.79 Å². The molecule has 2 N–H and O–H groups in total. The number of benzene rings is 2. The summed E-state index contributed by atoms with van der Waals surface area (Å²) in [5.74, 6) is 1.58. The molecule has 1 amide bonds. The summed E-state index contributed by atoms with van der Waals surface area (Å²) in [5.41, 5.74) is 3.96. The Hall–Kier alpha value is -3.59. The topological polar surface area (TPSA) is 100 Å². The molecule has 0 bridgehead atoms. The fourth-order valence-electron chi connectivity index (χ4n) is 4.50. The molecular weight excluding hydrogens is 434 g/mol. The first-order chi connectivity index (χ1) is 16.6. The maximum Gasteiger partial charge on any atom is 0.407 e. The Morgan fingerprint density at radius 2 is 1.88 bits per heavy atom. The highest BCUT2D eigenvalue weighted by Crippen LogP contribution is 2.30. The normalized spacial score (nSPS) is 17.1. The number of hydrogen-bond acceptors (Lipinski definition) is 7. The van der Waals surface area contributed by atoms with Crippen molar-refractivity contribution in [3.05, 3.63) is 48.3 Å². The summed E-state index contributed by atoms with van der Waals surface area (Å²) < 4.78 is 11.7. The van der Waals surface area contributed by atoms with Gasteiger partial charge in [-0.05, 0) is 48.9 Å². The first kappa shape index (κ1) is 22.2. The number of carboxylic acid groups (broad SMARTS) is 1. The maximum atomic E-state index is 11.1. The second kappa shape index (κ2) is 9.72. The number of likely N-dealkylation sites (tertiary alicyclic amines) is 1. The van der Waals surface area contributed by atoms with Crippen molar-refractivity contribution in [2.45, 2.75) is 25.9 Å². The Balaban J connectivity index is 1.31. The van der Waals surface area contributed by atoms with Crippen LogP contribution >= 0.6 is 0 Å². The number of ether oxygens (including phenoxy) is 2. The third-order valence-corrected chi connectivity index (χ3v) is 6.44. The molecule has 2 aliphatic heterocycles. The van der Waals surface area contributed by atoms with Gasteiger partial charge in [0.05, 0.1) is 18.7 Å². The Morgan fingerprint density at radius 1 is 1.09 bits per heavy atom. The van der Waals surface area contributed by atoms with Crippen molar-refractivity contribution in [3.8, 4) is 5.75 Å². The molecule has 0 saturated carbocycles. The molecule has 2 aliphatic rings. The van der Waals surface area contributed by atoms with E-state index in [-0.39, 0.29) is 6.10 Å². The number of anilines is 3. The molecule has 2 aromatic carbocycles. The lowest BCUT2D eigenvalue weighted by atomic mass is 10.1. The van der Waals surface area contributed by atoms with Gasteiger partial charge >= 0.3 is 6.09 Å². The van der Waals surface area contributed by atoms with Gasteiger partial charge < -0.3 is 29.7 Å². The van der Waals surface area contributed by atoms with Crippen molar-refractivity contribution < 1.29 is 19.4 Å². The number of aryl methyl sites for hydroxylation is 1. The van der Waals surface area contributed by atoms with E-state index in [1.165, 1.54) is 4.90 Å². The standard InChI is InChI=1S/C25H29N5O4/c1-17-14-18(2-5-23(17)34-20-6-8-30(9-7-20)25(31)32)28-24-21-15-19(29-10-12-33-13-11-29)3-4-22(21)26-16-27-24/h2-5,14-16,20H,6-13H2,1H3,(H,31,32)(H,26,27,28). The number of piperidine rings is 1. The van der Waals surface area contributed by atoms with Crippen LogP contribution in [0.5, 0.6) is 5.75 Å². The van der Waals surface area contributed by atoms with Gasteiger partial charge in [-0.15, -0.1) is 0 Å². The van der Waals surface area contributed by atoms with E-state index in [0.29, 0.717) is 25.9 Å². The summed E-state index contributed by atoms with van der Waals surface area (Å²) >= 11 is 0. The Morgan fingerprint density at radius 3 is 2.62 bits per heavy atom. The minimum Gasteiger partial charge on any atom is -0.490 e. The van der Waals surface area contributed by atoms with E-state index < -0.39 is 6.09 Å². The van der Waals surface area contributed by atoms with Crippen LogP contribution in [0.15, 0.2) is 42.7 Å². The highest BCUT2D eigenvalue weighted by molar-refractivity contribution is 5.93. The van der Waals surface area contributed by atoms with Crippen LogP contribution < -0.4 is 15.0 Å². The Bertz CT molecular complexity index is 1170. The number of rotatable bonds is 5. The third kappa shape index (κ3) is 4.84.